The van der Waals surface area contributed by atoms with Gasteiger partial charge in [-0.3, -0.25) is 13.9 Å². The summed E-state index contributed by atoms with van der Waals surface area (Å²) < 4.78 is 23.2. The molecule has 38 heavy (non-hydrogen) atoms. The van der Waals surface area contributed by atoms with E-state index in [0.717, 1.165) is 12.0 Å². The minimum absolute atomic E-state index is 0.0257. The molecule has 0 bridgehead atoms. The maximum Gasteiger partial charge on any atom is 0.369 e. The van der Waals surface area contributed by atoms with Crippen molar-refractivity contribution in [2.24, 2.45) is 11.7 Å². The number of carbonyl (C=O) groups is 2. The summed E-state index contributed by atoms with van der Waals surface area (Å²) in [5.74, 6) is -0.271. The Labute approximate surface area is 231 Å². The third-order valence-electron chi connectivity index (χ3n) is 7.18. The topological polar surface area (TPSA) is 207 Å². The van der Waals surface area contributed by atoms with Crippen molar-refractivity contribution in [2.75, 3.05) is 24.8 Å². The Bertz CT molecular complexity index is 1020. The summed E-state index contributed by atoms with van der Waals surface area (Å²) in [5, 5.41) is 9.49. The van der Waals surface area contributed by atoms with Crippen LogP contribution in [0.1, 0.15) is 37.7 Å². The van der Waals surface area contributed by atoms with Crippen LogP contribution in [0.4, 0.5) is 5.69 Å². The molecule has 1 fully saturated rings. The highest BCUT2D eigenvalue weighted by Gasteiger charge is 2.59. The molecule has 1 aliphatic rings. The van der Waals surface area contributed by atoms with Gasteiger partial charge >= 0.3 is 21.6 Å². The summed E-state index contributed by atoms with van der Waals surface area (Å²) in [6.45, 7) is 0.753. The van der Waals surface area contributed by atoms with Gasteiger partial charge in [-0.15, -0.1) is 23.2 Å². The predicted molar refractivity (Wildman–Crippen MR) is 145 cm³/mol. The molecule has 216 valence electrons. The number of halogens is 2. The van der Waals surface area contributed by atoms with Crippen LogP contribution < -0.4 is 15.5 Å². The number of alkyl halides is 2. The zero-order valence-corrected chi connectivity index (χ0v) is 24.0. The molecule has 0 spiro atoms. The number of quaternary nitrogens is 1. The lowest BCUT2D eigenvalue weighted by atomic mass is 9.97. The minimum Gasteiger partial charge on any atom is -0.368 e. The fraction of sp³-hybridized carbons (Fsp3) is 0.636. The standard InChI is InChI=1S/C22H35Cl2N3O9P2/c23-10-12-27(15-28,13-11-24)18-6-4-16(5-7-18)14-19(25)21(29)26-20-3-1-2-17(20)8-9-22(30,37(31,32)33)38(34,35)36/h4-7,15,17,19-20,30H,1-3,8-14,25H2,(H4-,26,29,31,32,33,34,35,36)/p+1/t17?,19-,20?/m0/s1. The van der Waals surface area contributed by atoms with Crippen LogP contribution in [-0.4, -0.2) is 79.0 Å². The summed E-state index contributed by atoms with van der Waals surface area (Å²) in [5.41, 5.74) is 7.59. The van der Waals surface area contributed by atoms with Gasteiger partial charge in [0.1, 0.15) is 18.8 Å². The van der Waals surface area contributed by atoms with Gasteiger partial charge < -0.3 is 35.7 Å². The monoisotopic (exact) mass is 618 g/mol. The Morgan fingerprint density at radius 3 is 2.13 bits per heavy atom. The van der Waals surface area contributed by atoms with E-state index in [1.807, 2.05) is 0 Å². The van der Waals surface area contributed by atoms with E-state index in [-0.39, 0.29) is 35.0 Å². The van der Waals surface area contributed by atoms with Gasteiger partial charge in [-0.05, 0) is 49.3 Å². The average Bonchev–Trinajstić information content (AvgIpc) is 3.28. The largest absolute Gasteiger partial charge is 0.369 e. The molecule has 0 aliphatic heterocycles. The van der Waals surface area contributed by atoms with Crippen LogP contribution in [0.25, 0.3) is 0 Å². The van der Waals surface area contributed by atoms with Crippen molar-refractivity contribution in [3.05, 3.63) is 29.8 Å². The molecule has 3 atom stereocenters. The molecule has 0 heterocycles. The SMILES string of the molecule is N[C@@H](Cc1ccc([N+](C=O)(CCCl)CCCl)cc1)C(=O)NC1CCCC1CCC(O)(P(=O)(O)O)P(=O)(O)O. The quantitative estimate of drug-likeness (QED) is 0.0653. The normalized spacial score (nSPS) is 19.8. The van der Waals surface area contributed by atoms with Crippen LogP contribution >= 0.6 is 38.4 Å². The van der Waals surface area contributed by atoms with Gasteiger partial charge in [-0.1, -0.05) is 18.6 Å². The third-order valence-corrected chi connectivity index (χ3v) is 11.4. The van der Waals surface area contributed by atoms with Crippen LogP contribution in [0.15, 0.2) is 24.3 Å². The zero-order chi connectivity index (χ0) is 28.8. The molecule has 8 N–H and O–H groups in total. The Morgan fingerprint density at radius 1 is 1.11 bits per heavy atom. The second-order valence-corrected chi connectivity index (χ2v) is 14.4. The van der Waals surface area contributed by atoms with Gasteiger partial charge in [0.05, 0.1) is 17.8 Å². The van der Waals surface area contributed by atoms with Crippen LogP contribution in [0, 0.1) is 5.92 Å². The van der Waals surface area contributed by atoms with E-state index in [2.05, 4.69) is 5.32 Å². The van der Waals surface area contributed by atoms with E-state index in [9.17, 15) is 43.4 Å². The number of nitrogens with zero attached hydrogens (tertiary/aromatic N) is 1. The maximum absolute atomic E-state index is 12.8. The van der Waals surface area contributed by atoms with Gasteiger partial charge in [0.15, 0.2) is 0 Å². The molecule has 16 heteroatoms. The fourth-order valence-corrected chi connectivity index (χ4v) is 7.62. The fourth-order valence-electron chi connectivity index (χ4n) is 4.82. The van der Waals surface area contributed by atoms with E-state index < -0.39 is 44.7 Å². The Kier molecular flexibility index (Phi) is 12.0. The minimum atomic E-state index is -5.54. The van der Waals surface area contributed by atoms with E-state index in [4.69, 9.17) is 28.9 Å². The number of nitrogens with one attached hydrogen (secondary N) is 1. The molecular weight excluding hydrogens is 583 g/mol. The number of rotatable bonds is 15. The van der Waals surface area contributed by atoms with Gasteiger partial charge in [-0.2, -0.15) is 0 Å². The first-order chi connectivity index (χ1) is 17.6. The lowest BCUT2D eigenvalue weighted by Crippen LogP contribution is -2.50. The third kappa shape index (κ3) is 7.86. The second kappa shape index (κ2) is 13.7. The second-order valence-electron chi connectivity index (χ2n) is 9.65. The first kappa shape index (κ1) is 33.3. The number of amides is 2. The molecule has 0 radical (unpaired) electrons. The number of hydrogen-bond donors (Lipinski definition) is 7. The maximum atomic E-state index is 12.8. The molecule has 0 saturated heterocycles. The van der Waals surface area contributed by atoms with Crippen LogP contribution in [-0.2, 0) is 25.1 Å². The molecule has 1 aliphatic carbocycles. The molecule has 2 rings (SSSR count). The lowest BCUT2D eigenvalue weighted by Gasteiger charge is -2.31. The average molecular weight is 619 g/mol. The molecule has 1 aromatic carbocycles. The number of hydrogen-bond acceptors (Lipinski definition) is 6. The zero-order valence-electron chi connectivity index (χ0n) is 20.7. The van der Waals surface area contributed by atoms with Crippen LogP contribution in [0.2, 0.25) is 0 Å². The Hall–Kier alpha value is -0.880. The van der Waals surface area contributed by atoms with Crippen molar-refractivity contribution in [1.29, 1.82) is 0 Å². The van der Waals surface area contributed by atoms with Gasteiger partial charge in [0.25, 0.3) is 5.08 Å². The van der Waals surface area contributed by atoms with E-state index in [1.165, 1.54) is 0 Å². The van der Waals surface area contributed by atoms with Crippen molar-refractivity contribution >= 4 is 56.4 Å². The smallest absolute Gasteiger partial charge is 0.368 e. The Balaban J connectivity index is 2.02. The summed E-state index contributed by atoms with van der Waals surface area (Å²) in [7, 11) is -11.1. The molecular formula is C22H36Cl2N3O9P2+. The van der Waals surface area contributed by atoms with Gasteiger partial charge in [-0.25, -0.2) is 9.28 Å². The molecule has 1 aromatic rings. The van der Waals surface area contributed by atoms with Gasteiger partial charge in [0.2, 0.25) is 5.91 Å². The summed E-state index contributed by atoms with van der Waals surface area (Å²) >= 11 is 11.8. The van der Waals surface area contributed by atoms with Gasteiger partial charge in [0, 0.05) is 12.5 Å². The van der Waals surface area contributed by atoms with E-state index in [0.29, 0.717) is 38.0 Å². The number of benzene rings is 1. The lowest BCUT2D eigenvalue weighted by molar-refractivity contribution is -0.123. The Morgan fingerprint density at radius 2 is 1.66 bits per heavy atom. The number of carbonyl (C=O) groups excluding carboxylic acids is 2. The molecule has 1 saturated carbocycles. The number of aliphatic hydroxyl groups is 1. The summed E-state index contributed by atoms with van der Waals surface area (Å²) in [6, 6.07) is 5.73. The van der Waals surface area contributed by atoms with Crippen LogP contribution in [0.3, 0.4) is 0 Å². The highest BCUT2D eigenvalue weighted by molar-refractivity contribution is 7.72. The number of nitrogens with two attached hydrogens (primary N) is 1. The van der Waals surface area contributed by atoms with Crippen LogP contribution in [0.5, 0.6) is 0 Å². The first-order valence-corrected chi connectivity index (χ1v) is 16.4. The van der Waals surface area contributed by atoms with Crippen molar-refractivity contribution in [3.8, 4) is 0 Å². The molecule has 0 aromatic heterocycles. The molecule has 12 nitrogen and oxygen atoms in total. The van der Waals surface area contributed by atoms with Crippen molar-refractivity contribution < 1.29 is 43.4 Å². The van der Waals surface area contributed by atoms with E-state index >= 15 is 0 Å². The van der Waals surface area contributed by atoms with Crippen molar-refractivity contribution in [1.82, 2.24) is 9.80 Å². The highest BCUT2D eigenvalue weighted by Crippen LogP contribution is 2.69. The van der Waals surface area contributed by atoms with Crippen molar-refractivity contribution in [2.45, 2.75) is 55.7 Å². The highest BCUT2D eigenvalue weighted by atomic mass is 35.5. The molecule has 2 amide bonds. The predicted octanol–water partition coefficient (Wildman–Crippen LogP) is 1.56. The van der Waals surface area contributed by atoms with Crippen molar-refractivity contribution in [3.63, 3.8) is 0 Å². The summed E-state index contributed by atoms with van der Waals surface area (Å²) in [6.07, 6.45) is 1.83. The summed E-state index contributed by atoms with van der Waals surface area (Å²) in [4.78, 5) is 62.0. The first-order valence-electron chi connectivity index (χ1n) is 12.1. The van der Waals surface area contributed by atoms with E-state index in [1.54, 1.807) is 24.3 Å². The molecule has 2 unspecified atom stereocenters.